The number of hydrogen-bond donors (Lipinski definition) is 2. The molecule has 0 aromatic heterocycles. The molecule has 2 heterocycles. The fourth-order valence-electron chi connectivity index (χ4n) is 2.55. The van der Waals surface area contributed by atoms with Gasteiger partial charge < -0.3 is 16.0 Å². The quantitative estimate of drug-likeness (QED) is 0.638. The Hall–Kier alpha value is -0.610. The van der Waals surface area contributed by atoms with Gasteiger partial charge in [0.1, 0.15) is 0 Å². The lowest BCUT2D eigenvalue weighted by Crippen LogP contribution is -2.52. The molecule has 0 saturated carbocycles. The highest BCUT2D eigenvalue weighted by Gasteiger charge is 2.30. The molecule has 1 amide bonds. The van der Waals surface area contributed by atoms with Crippen molar-refractivity contribution in [2.24, 2.45) is 5.73 Å². The van der Waals surface area contributed by atoms with Crippen molar-refractivity contribution >= 4 is 5.91 Å². The number of carbonyl (C=O) groups excluding carboxylic acids is 1. The first-order chi connectivity index (χ1) is 6.77. The minimum absolute atomic E-state index is 0.102. The first-order valence-electron chi connectivity index (χ1n) is 5.54. The fourth-order valence-corrected chi connectivity index (χ4v) is 2.55. The van der Waals surface area contributed by atoms with Crippen molar-refractivity contribution < 1.29 is 4.79 Å². The van der Waals surface area contributed by atoms with Crippen molar-refractivity contribution in [3.05, 3.63) is 0 Å². The van der Waals surface area contributed by atoms with Gasteiger partial charge >= 0.3 is 0 Å². The molecule has 2 rings (SSSR count). The number of primary amides is 1. The number of rotatable bonds is 2. The molecule has 0 aromatic carbocycles. The first-order valence-corrected chi connectivity index (χ1v) is 5.54. The molecule has 4 nitrogen and oxygen atoms in total. The van der Waals surface area contributed by atoms with Crippen LogP contribution in [0, 0.1) is 0 Å². The number of carbonyl (C=O) groups is 1. The maximum absolute atomic E-state index is 11.1. The Morgan fingerprint density at radius 3 is 2.71 bits per heavy atom. The fraction of sp³-hybridized carbons (Fsp3) is 0.900. The summed E-state index contributed by atoms with van der Waals surface area (Å²) in [4.78, 5) is 13.6. The minimum Gasteiger partial charge on any atom is -0.368 e. The smallest absolute Gasteiger partial charge is 0.234 e. The summed E-state index contributed by atoms with van der Waals surface area (Å²) in [7, 11) is 0. The number of amides is 1. The molecule has 2 saturated heterocycles. The van der Waals surface area contributed by atoms with Crippen molar-refractivity contribution in [2.45, 2.75) is 37.8 Å². The van der Waals surface area contributed by atoms with Crippen LogP contribution in [-0.2, 0) is 4.79 Å². The monoisotopic (exact) mass is 197 g/mol. The van der Waals surface area contributed by atoms with Crippen LogP contribution in [-0.4, -0.2) is 42.5 Å². The van der Waals surface area contributed by atoms with Crippen LogP contribution in [0.3, 0.4) is 0 Å². The first kappa shape index (κ1) is 9.93. The van der Waals surface area contributed by atoms with Gasteiger partial charge in [0, 0.05) is 6.04 Å². The average Bonchev–Trinajstić information content (AvgIpc) is 2.71. The van der Waals surface area contributed by atoms with E-state index in [0.29, 0.717) is 6.04 Å². The molecule has 0 radical (unpaired) electrons. The van der Waals surface area contributed by atoms with Gasteiger partial charge in [-0.15, -0.1) is 0 Å². The highest BCUT2D eigenvalue weighted by Crippen LogP contribution is 2.20. The second-order valence-corrected chi connectivity index (χ2v) is 4.33. The van der Waals surface area contributed by atoms with E-state index >= 15 is 0 Å². The number of likely N-dealkylation sites (tertiary alicyclic amines) is 1. The lowest BCUT2D eigenvalue weighted by atomic mass is 9.98. The highest BCUT2D eigenvalue weighted by molar-refractivity contribution is 5.80. The molecule has 2 aliphatic heterocycles. The third-order valence-electron chi connectivity index (χ3n) is 3.38. The van der Waals surface area contributed by atoms with E-state index in [1.807, 2.05) is 0 Å². The Bertz CT molecular complexity index is 213. The van der Waals surface area contributed by atoms with Gasteiger partial charge in [0.15, 0.2) is 0 Å². The van der Waals surface area contributed by atoms with Crippen molar-refractivity contribution in [2.75, 3.05) is 19.6 Å². The van der Waals surface area contributed by atoms with Gasteiger partial charge in [-0.1, -0.05) is 0 Å². The molecule has 0 aromatic rings. The number of hydrogen-bond acceptors (Lipinski definition) is 3. The summed E-state index contributed by atoms with van der Waals surface area (Å²) in [6, 6.07) is 0.477. The van der Waals surface area contributed by atoms with Crippen LogP contribution < -0.4 is 11.1 Å². The van der Waals surface area contributed by atoms with E-state index in [1.165, 1.54) is 25.9 Å². The standard InChI is InChI=1S/C10H19N3O/c11-10(14)9-7-8(3-4-12-9)13-5-1-2-6-13/h8-9,12H,1-7H2,(H2,11,14). The van der Waals surface area contributed by atoms with E-state index < -0.39 is 0 Å². The summed E-state index contributed by atoms with van der Waals surface area (Å²) in [5.74, 6) is -0.200. The predicted octanol–water partition coefficient (Wildman–Crippen LogP) is -0.312. The molecule has 2 fully saturated rings. The number of nitrogens with two attached hydrogens (primary N) is 1. The lowest BCUT2D eigenvalue weighted by molar-refractivity contribution is -0.121. The normalized spacial score (nSPS) is 34.6. The summed E-state index contributed by atoms with van der Waals surface area (Å²) in [5.41, 5.74) is 5.31. The largest absolute Gasteiger partial charge is 0.368 e. The van der Waals surface area contributed by atoms with Gasteiger partial charge in [-0.3, -0.25) is 4.79 Å². The van der Waals surface area contributed by atoms with Crippen LogP contribution in [0.5, 0.6) is 0 Å². The van der Waals surface area contributed by atoms with Crippen LogP contribution in [0.25, 0.3) is 0 Å². The summed E-state index contributed by atoms with van der Waals surface area (Å²) in [6.07, 6.45) is 4.68. The molecular weight excluding hydrogens is 178 g/mol. The molecule has 3 N–H and O–H groups in total. The Balaban J connectivity index is 1.89. The molecule has 0 spiro atoms. The van der Waals surface area contributed by atoms with Crippen LogP contribution >= 0.6 is 0 Å². The maximum atomic E-state index is 11.1. The Morgan fingerprint density at radius 2 is 2.07 bits per heavy atom. The van der Waals surface area contributed by atoms with Crippen molar-refractivity contribution in [3.63, 3.8) is 0 Å². The summed E-state index contributed by atoms with van der Waals surface area (Å²) in [6.45, 7) is 3.33. The molecule has 80 valence electrons. The lowest BCUT2D eigenvalue weighted by Gasteiger charge is -2.34. The maximum Gasteiger partial charge on any atom is 0.234 e. The van der Waals surface area contributed by atoms with E-state index in [9.17, 15) is 4.79 Å². The third kappa shape index (κ3) is 2.07. The summed E-state index contributed by atoms with van der Waals surface area (Å²) < 4.78 is 0. The van der Waals surface area contributed by atoms with Crippen molar-refractivity contribution in [1.82, 2.24) is 10.2 Å². The van der Waals surface area contributed by atoms with Crippen molar-refractivity contribution in [3.8, 4) is 0 Å². The number of nitrogens with zero attached hydrogens (tertiary/aromatic N) is 1. The van der Waals surface area contributed by atoms with E-state index in [4.69, 9.17) is 5.73 Å². The Kier molecular flexibility index (Phi) is 3.03. The zero-order chi connectivity index (χ0) is 9.97. The van der Waals surface area contributed by atoms with Crippen LogP contribution in [0.2, 0.25) is 0 Å². The SMILES string of the molecule is NC(=O)C1CC(N2CCCC2)CCN1. The topological polar surface area (TPSA) is 58.4 Å². The zero-order valence-corrected chi connectivity index (χ0v) is 8.54. The number of nitrogens with one attached hydrogen (secondary N) is 1. The van der Waals surface area contributed by atoms with Gasteiger partial charge in [-0.25, -0.2) is 0 Å². The summed E-state index contributed by atoms with van der Waals surface area (Å²) in [5, 5.41) is 3.17. The van der Waals surface area contributed by atoms with E-state index in [2.05, 4.69) is 10.2 Å². The van der Waals surface area contributed by atoms with Crippen LogP contribution in [0.4, 0.5) is 0 Å². The van der Waals surface area contributed by atoms with Gasteiger partial charge in [-0.05, 0) is 45.3 Å². The van der Waals surface area contributed by atoms with Crippen LogP contribution in [0.1, 0.15) is 25.7 Å². The highest BCUT2D eigenvalue weighted by atomic mass is 16.1. The van der Waals surface area contributed by atoms with Crippen LogP contribution in [0.15, 0.2) is 0 Å². The van der Waals surface area contributed by atoms with Gasteiger partial charge in [0.05, 0.1) is 6.04 Å². The molecule has 2 unspecified atom stereocenters. The minimum atomic E-state index is -0.200. The zero-order valence-electron chi connectivity index (χ0n) is 8.54. The Morgan fingerprint density at radius 1 is 1.36 bits per heavy atom. The second kappa shape index (κ2) is 4.28. The van der Waals surface area contributed by atoms with Gasteiger partial charge in [0.25, 0.3) is 0 Å². The number of piperidine rings is 1. The molecule has 0 aliphatic carbocycles. The predicted molar refractivity (Wildman–Crippen MR) is 54.8 cm³/mol. The molecule has 0 bridgehead atoms. The second-order valence-electron chi connectivity index (χ2n) is 4.33. The molecule has 2 atom stereocenters. The average molecular weight is 197 g/mol. The molecule has 4 heteroatoms. The van der Waals surface area contributed by atoms with Gasteiger partial charge in [0.2, 0.25) is 5.91 Å². The molecular formula is C10H19N3O. The Labute approximate surface area is 84.8 Å². The molecule has 2 aliphatic rings. The molecule has 14 heavy (non-hydrogen) atoms. The van der Waals surface area contributed by atoms with Crippen molar-refractivity contribution in [1.29, 1.82) is 0 Å². The van der Waals surface area contributed by atoms with E-state index in [1.54, 1.807) is 0 Å². The van der Waals surface area contributed by atoms with E-state index in [-0.39, 0.29) is 11.9 Å². The van der Waals surface area contributed by atoms with Gasteiger partial charge in [-0.2, -0.15) is 0 Å². The van der Waals surface area contributed by atoms with E-state index in [0.717, 1.165) is 19.4 Å². The summed E-state index contributed by atoms with van der Waals surface area (Å²) >= 11 is 0. The third-order valence-corrected chi connectivity index (χ3v) is 3.38.